The maximum absolute atomic E-state index is 9.95. The Morgan fingerprint density at radius 2 is 2.44 bits per heavy atom. The zero-order chi connectivity index (χ0) is 6.85. The second-order valence-corrected chi connectivity index (χ2v) is 1.32. The Morgan fingerprint density at radius 3 is 2.67 bits per heavy atom. The number of carboxylic acids is 1. The van der Waals surface area contributed by atoms with Gasteiger partial charge >= 0.3 is 11.9 Å². The molecule has 48 valence electrons. The first-order valence-corrected chi connectivity index (χ1v) is 2.08. The summed E-state index contributed by atoms with van der Waals surface area (Å²) in [5.74, 6) is -2.23. The predicted octanol–water partition coefficient (Wildman–Crippen LogP) is 0.0784. The Morgan fingerprint density at radius 1 is 1.78 bits per heavy atom. The van der Waals surface area contributed by atoms with Crippen LogP contribution in [-0.4, -0.2) is 21.2 Å². The van der Waals surface area contributed by atoms with Crippen LogP contribution >= 0.6 is 0 Å². The Kier molecular flexibility index (Phi) is 1.11. The molecule has 0 amide bonds. The molecule has 5 heteroatoms. The fourth-order valence-corrected chi connectivity index (χ4v) is 0.363. The fraction of sp³-hybridized carbons (Fsp3) is 0. The molecule has 0 spiro atoms. The van der Waals surface area contributed by atoms with Gasteiger partial charge in [0.2, 0.25) is 0 Å². The highest BCUT2D eigenvalue weighted by Crippen LogP contribution is 2.06. The number of carboxylic acid groups (broad SMARTS) is 1. The van der Waals surface area contributed by atoms with Crippen molar-refractivity contribution < 1.29 is 19.4 Å². The van der Waals surface area contributed by atoms with E-state index in [-0.39, 0.29) is 0 Å². The van der Waals surface area contributed by atoms with E-state index in [2.05, 4.69) is 9.40 Å². The van der Waals surface area contributed by atoms with Gasteiger partial charge in [-0.1, -0.05) is 0 Å². The van der Waals surface area contributed by atoms with Gasteiger partial charge in [-0.05, 0) is 0 Å². The highest BCUT2D eigenvalue weighted by atomic mass is 16.4. The molecule has 0 fully saturated rings. The summed E-state index contributed by atoms with van der Waals surface area (Å²) in [5.41, 5.74) is 0. The van der Waals surface area contributed by atoms with Gasteiger partial charge in [-0.15, -0.1) is 0 Å². The lowest BCUT2D eigenvalue weighted by Gasteiger charge is -1.77. The summed E-state index contributed by atoms with van der Waals surface area (Å²) in [6, 6.07) is 0. The standard InChI is InChI=1S/C4H3NO4/c6-2-1-9-3(5-2)4(7)8/h1,6H,(H,7,8). The van der Waals surface area contributed by atoms with E-state index < -0.39 is 17.7 Å². The third-order valence-electron chi connectivity index (χ3n) is 0.675. The first-order valence-electron chi connectivity index (χ1n) is 2.08. The average Bonchev–Trinajstić information content (AvgIpc) is 2.14. The number of nitrogens with zero attached hydrogens (tertiary/aromatic N) is 1. The predicted molar refractivity (Wildman–Crippen MR) is 25.1 cm³/mol. The van der Waals surface area contributed by atoms with E-state index in [1.54, 1.807) is 0 Å². The number of aromatic carboxylic acids is 1. The lowest BCUT2D eigenvalue weighted by molar-refractivity contribution is 0.0653. The van der Waals surface area contributed by atoms with Crippen molar-refractivity contribution in [2.45, 2.75) is 0 Å². The molecule has 0 radical (unpaired) electrons. The SMILES string of the molecule is O=C(O)c1nc(O)co1. The average molecular weight is 129 g/mol. The van der Waals surface area contributed by atoms with Gasteiger partial charge in [-0.2, -0.15) is 4.98 Å². The van der Waals surface area contributed by atoms with Crippen molar-refractivity contribution in [2.75, 3.05) is 0 Å². The molecule has 1 rings (SSSR count). The minimum absolute atomic E-state index is 0.424. The normalized spacial score (nSPS) is 9.33. The van der Waals surface area contributed by atoms with Crippen molar-refractivity contribution in [1.29, 1.82) is 0 Å². The van der Waals surface area contributed by atoms with Gasteiger partial charge in [-0.25, -0.2) is 4.79 Å². The maximum Gasteiger partial charge on any atom is 0.392 e. The third kappa shape index (κ3) is 0.987. The summed E-state index contributed by atoms with van der Waals surface area (Å²) in [5, 5.41) is 16.6. The molecule has 0 bridgehead atoms. The quantitative estimate of drug-likeness (QED) is 0.560. The van der Waals surface area contributed by atoms with Crippen LogP contribution in [0.15, 0.2) is 10.7 Å². The highest BCUT2D eigenvalue weighted by molar-refractivity contribution is 5.82. The van der Waals surface area contributed by atoms with Crippen molar-refractivity contribution in [2.24, 2.45) is 0 Å². The Bertz CT molecular complexity index is 228. The van der Waals surface area contributed by atoms with Crippen molar-refractivity contribution in [1.82, 2.24) is 4.98 Å². The van der Waals surface area contributed by atoms with Crippen LogP contribution in [0.5, 0.6) is 5.88 Å². The molecule has 1 aromatic heterocycles. The van der Waals surface area contributed by atoms with E-state index in [4.69, 9.17) is 10.2 Å². The highest BCUT2D eigenvalue weighted by Gasteiger charge is 2.09. The van der Waals surface area contributed by atoms with E-state index in [1.807, 2.05) is 0 Å². The van der Waals surface area contributed by atoms with E-state index in [1.165, 1.54) is 0 Å². The van der Waals surface area contributed by atoms with Gasteiger partial charge < -0.3 is 14.6 Å². The summed E-state index contributed by atoms with van der Waals surface area (Å²) < 4.78 is 4.27. The zero-order valence-corrected chi connectivity index (χ0v) is 4.24. The second kappa shape index (κ2) is 1.77. The Balaban J connectivity index is 2.98. The van der Waals surface area contributed by atoms with Crippen molar-refractivity contribution in [3.63, 3.8) is 0 Å². The van der Waals surface area contributed by atoms with Crippen LogP contribution in [0.3, 0.4) is 0 Å². The minimum atomic E-state index is -1.30. The summed E-state index contributed by atoms with van der Waals surface area (Å²) in [6.07, 6.45) is 0.851. The lowest BCUT2D eigenvalue weighted by Crippen LogP contribution is -1.94. The molecule has 0 saturated heterocycles. The number of aromatic hydroxyl groups is 1. The van der Waals surface area contributed by atoms with Gasteiger partial charge in [0.25, 0.3) is 5.88 Å². The molecule has 0 unspecified atom stereocenters. The van der Waals surface area contributed by atoms with E-state index >= 15 is 0 Å². The van der Waals surface area contributed by atoms with Crippen molar-refractivity contribution in [3.8, 4) is 5.88 Å². The molecule has 0 aliphatic heterocycles. The summed E-state index contributed by atoms with van der Waals surface area (Å²) in [7, 11) is 0. The van der Waals surface area contributed by atoms with Gasteiger partial charge in [-0.3, -0.25) is 0 Å². The summed E-state index contributed by atoms with van der Waals surface area (Å²) in [4.78, 5) is 13.0. The molecule has 5 nitrogen and oxygen atoms in total. The second-order valence-electron chi connectivity index (χ2n) is 1.32. The van der Waals surface area contributed by atoms with Crippen LogP contribution in [0, 0.1) is 0 Å². The number of oxazole rings is 1. The van der Waals surface area contributed by atoms with Gasteiger partial charge in [0.05, 0.1) is 0 Å². The number of aromatic nitrogens is 1. The smallest absolute Gasteiger partial charge is 0.392 e. The number of rotatable bonds is 1. The molecule has 1 heterocycles. The molecule has 1 aromatic rings. The molecule has 0 saturated carbocycles. The minimum Gasteiger partial charge on any atom is -0.491 e. The number of hydrogen-bond acceptors (Lipinski definition) is 4. The monoisotopic (exact) mass is 129 g/mol. The lowest BCUT2D eigenvalue weighted by atomic mass is 10.7. The van der Waals surface area contributed by atoms with Crippen LogP contribution in [0.4, 0.5) is 0 Å². The van der Waals surface area contributed by atoms with E-state index in [9.17, 15) is 4.79 Å². The largest absolute Gasteiger partial charge is 0.491 e. The topological polar surface area (TPSA) is 83.6 Å². The van der Waals surface area contributed by atoms with E-state index in [0.29, 0.717) is 0 Å². The Labute approximate surface area is 49.6 Å². The summed E-state index contributed by atoms with van der Waals surface area (Å²) in [6.45, 7) is 0. The van der Waals surface area contributed by atoms with Crippen LogP contribution in [0.1, 0.15) is 10.7 Å². The zero-order valence-electron chi connectivity index (χ0n) is 4.24. The first-order chi connectivity index (χ1) is 4.20. The molecule has 0 aliphatic carbocycles. The molecular weight excluding hydrogens is 126 g/mol. The van der Waals surface area contributed by atoms with Gasteiger partial charge in [0.15, 0.2) is 6.26 Å². The Hall–Kier alpha value is -1.52. The molecule has 0 aromatic carbocycles. The van der Waals surface area contributed by atoms with Gasteiger partial charge in [0.1, 0.15) is 0 Å². The van der Waals surface area contributed by atoms with Crippen LogP contribution < -0.4 is 0 Å². The van der Waals surface area contributed by atoms with Gasteiger partial charge in [0, 0.05) is 0 Å². The molecule has 0 atom stereocenters. The molecule has 9 heavy (non-hydrogen) atoms. The molecule has 2 N–H and O–H groups in total. The van der Waals surface area contributed by atoms with Crippen LogP contribution in [0.2, 0.25) is 0 Å². The van der Waals surface area contributed by atoms with Crippen LogP contribution in [-0.2, 0) is 0 Å². The molecule has 0 aliphatic rings. The van der Waals surface area contributed by atoms with Crippen LogP contribution in [0.25, 0.3) is 0 Å². The number of hydrogen-bond donors (Lipinski definition) is 2. The first kappa shape index (κ1) is 5.61. The number of carbonyl (C=O) groups is 1. The third-order valence-corrected chi connectivity index (χ3v) is 0.675. The van der Waals surface area contributed by atoms with Crippen molar-refractivity contribution in [3.05, 3.63) is 12.2 Å². The summed E-state index contributed by atoms with van der Waals surface area (Å²) >= 11 is 0. The fourth-order valence-electron chi connectivity index (χ4n) is 0.363. The van der Waals surface area contributed by atoms with E-state index in [0.717, 1.165) is 6.26 Å². The van der Waals surface area contributed by atoms with Crippen molar-refractivity contribution >= 4 is 5.97 Å². The maximum atomic E-state index is 9.95. The molecular formula is C4H3NO4.